The molecule has 0 unspecified atom stereocenters. The minimum Gasteiger partial charge on any atom is -0.383 e. The molecule has 6 heteroatoms. The summed E-state index contributed by atoms with van der Waals surface area (Å²) in [6, 6.07) is 20.7. The highest BCUT2D eigenvalue weighted by molar-refractivity contribution is 5.93. The van der Waals surface area contributed by atoms with E-state index in [1.165, 1.54) is 5.56 Å². The molecule has 33 heavy (non-hydrogen) atoms. The van der Waals surface area contributed by atoms with Crippen LogP contribution < -0.4 is 16.0 Å². The van der Waals surface area contributed by atoms with Crippen LogP contribution in [0.25, 0.3) is 10.9 Å². The second kappa shape index (κ2) is 9.40. The van der Waals surface area contributed by atoms with Gasteiger partial charge in [-0.3, -0.25) is 4.79 Å². The largest absolute Gasteiger partial charge is 0.383 e. The first-order chi connectivity index (χ1) is 16.2. The summed E-state index contributed by atoms with van der Waals surface area (Å²) in [5, 5.41) is 4.55. The Labute approximate surface area is 195 Å². The number of fused-ring (bicyclic) bond motifs is 1. The lowest BCUT2D eigenvalue weighted by atomic mass is 9.77. The Morgan fingerprint density at radius 2 is 1.67 bits per heavy atom. The van der Waals surface area contributed by atoms with Crippen LogP contribution in [0.3, 0.4) is 0 Å². The van der Waals surface area contributed by atoms with Crippen molar-refractivity contribution in [2.75, 3.05) is 49.5 Å². The molecular weight excluding hydrogens is 410 g/mol. The number of pyridine rings is 1. The minimum absolute atomic E-state index is 0.308. The Morgan fingerprint density at radius 3 is 2.39 bits per heavy atom. The lowest BCUT2D eigenvalue weighted by Crippen LogP contribution is -2.54. The number of benzene rings is 2. The van der Waals surface area contributed by atoms with Gasteiger partial charge in [-0.05, 0) is 24.5 Å². The van der Waals surface area contributed by atoms with Crippen molar-refractivity contribution in [3.8, 4) is 0 Å². The smallest absolute Gasteiger partial charge is 0.233 e. The predicted molar refractivity (Wildman–Crippen MR) is 135 cm³/mol. The third kappa shape index (κ3) is 4.15. The number of para-hydroxylation sites is 1. The molecule has 5 rings (SSSR count). The fourth-order valence-corrected chi connectivity index (χ4v) is 5.48. The summed E-state index contributed by atoms with van der Waals surface area (Å²) in [6.45, 7) is 4.34. The van der Waals surface area contributed by atoms with Crippen molar-refractivity contribution in [1.29, 1.82) is 0 Å². The van der Waals surface area contributed by atoms with Crippen LogP contribution in [0.1, 0.15) is 31.2 Å². The van der Waals surface area contributed by atoms with E-state index >= 15 is 0 Å². The standard InChI is InChI=1S/C27H33N5O/c28-14-15-29-24-20-25(30-23-11-5-4-10-22(23)24)31-16-18-32(19-17-31)26(33)27(12-6-7-13-27)21-8-2-1-3-9-21/h1-5,8-11,20H,6-7,12-19,28H2,(H,29,30). The molecule has 2 heterocycles. The van der Waals surface area contributed by atoms with Gasteiger partial charge in [0, 0.05) is 56.4 Å². The van der Waals surface area contributed by atoms with Gasteiger partial charge in [-0.2, -0.15) is 0 Å². The summed E-state index contributed by atoms with van der Waals surface area (Å²) in [4.78, 5) is 23.1. The molecule has 2 aromatic carbocycles. The molecule has 0 spiro atoms. The Hall–Kier alpha value is -3.12. The van der Waals surface area contributed by atoms with Crippen LogP contribution in [0.15, 0.2) is 60.7 Å². The number of piperazine rings is 1. The first-order valence-electron chi connectivity index (χ1n) is 12.1. The second-order valence-corrected chi connectivity index (χ2v) is 9.20. The molecule has 0 radical (unpaired) electrons. The number of nitrogens with one attached hydrogen (secondary N) is 1. The summed E-state index contributed by atoms with van der Waals surface area (Å²) in [7, 11) is 0. The average Bonchev–Trinajstić information content (AvgIpc) is 3.38. The molecule has 3 N–H and O–H groups in total. The van der Waals surface area contributed by atoms with E-state index < -0.39 is 0 Å². The fraction of sp³-hybridized carbons (Fsp3) is 0.407. The number of nitrogens with zero attached hydrogens (tertiary/aromatic N) is 3. The predicted octanol–water partition coefficient (Wildman–Crippen LogP) is 3.77. The molecule has 1 aliphatic heterocycles. The number of aromatic nitrogens is 1. The van der Waals surface area contributed by atoms with Crippen LogP contribution in [0, 0.1) is 0 Å². The van der Waals surface area contributed by atoms with Gasteiger partial charge in [-0.1, -0.05) is 61.4 Å². The Kier molecular flexibility index (Phi) is 6.18. The number of carbonyl (C=O) groups is 1. The highest BCUT2D eigenvalue weighted by Crippen LogP contribution is 2.43. The topological polar surface area (TPSA) is 74.5 Å². The van der Waals surface area contributed by atoms with E-state index in [1.807, 2.05) is 18.2 Å². The number of hydrogen-bond acceptors (Lipinski definition) is 5. The van der Waals surface area contributed by atoms with Crippen LogP contribution >= 0.6 is 0 Å². The molecule has 0 bridgehead atoms. The quantitative estimate of drug-likeness (QED) is 0.607. The van der Waals surface area contributed by atoms with E-state index in [1.54, 1.807) is 0 Å². The number of nitrogens with two attached hydrogens (primary N) is 1. The average molecular weight is 444 g/mol. The van der Waals surface area contributed by atoms with Crippen molar-refractivity contribution in [3.05, 3.63) is 66.2 Å². The number of carbonyl (C=O) groups excluding carboxylic acids is 1. The van der Waals surface area contributed by atoms with Crippen molar-refractivity contribution < 1.29 is 4.79 Å². The van der Waals surface area contributed by atoms with Gasteiger partial charge in [0.2, 0.25) is 5.91 Å². The zero-order valence-corrected chi connectivity index (χ0v) is 19.2. The molecule has 2 aliphatic rings. The van der Waals surface area contributed by atoms with E-state index in [4.69, 9.17) is 10.7 Å². The van der Waals surface area contributed by atoms with Gasteiger partial charge < -0.3 is 20.9 Å². The number of anilines is 2. The first-order valence-corrected chi connectivity index (χ1v) is 12.1. The summed E-state index contributed by atoms with van der Waals surface area (Å²) >= 11 is 0. The van der Waals surface area contributed by atoms with E-state index in [9.17, 15) is 4.79 Å². The maximum atomic E-state index is 13.8. The monoisotopic (exact) mass is 443 g/mol. The first kappa shape index (κ1) is 21.7. The molecule has 1 saturated heterocycles. The van der Waals surface area contributed by atoms with Crippen molar-refractivity contribution in [2.24, 2.45) is 5.73 Å². The van der Waals surface area contributed by atoms with E-state index in [-0.39, 0.29) is 5.41 Å². The normalized spacial score (nSPS) is 18.0. The Bertz CT molecular complexity index is 1100. The van der Waals surface area contributed by atoms with Gasteiger partial charge in [0.05, 0.1) is 10.9 Å². The highest BCUT2D eigenvalue weighted by Gasteiger charge is 2.45. The maximum absolute atomic E-state index is 13.8. The van der Waals surface area contributed by atoms with Crippen molar-refractivity contribution in [1.82, 2.24) is 9.88 Å². The van der Waals surface area contributed by atoms with Crippen LogP contribution in [0.4, 0.5) is 11.5 Å². The molecule has 6 nitrogen and oxygen atoms in total. The Balaban J connectivity index is 1.34. The minimum atomic E-state index is -0.343. The van der Waals surface area contributed by atoms with Gasteiger partial charge in [0.15, 0.2) is 0 Å². The van der Waals surface area contributed by atoms with Crippen molar-refractivity contribution in [3.63, 3.8) is 0 Å². The van der Waals surface area contributed by atoms with E-state index in [0.717, 1.165) is 80.8 Å². The third-order valence-corrected chi connectivity index (χ3v) is 7.25. The summed E-state index contributed by atoms with van der Waals surface area (Å²) in [5.74, 6) is 1.27. The highest BCUT2D eigenvalue weighted by atomic mass is 16.2. The molecule has 1 saturated carbocycles. The number of amides is 1. The zero-order chi connectivity index (χ0) is 22.7. The van der Waals surface area contributed by atoms with E-state index in [0.29, 0.717) is 12.5 Å². The van der Waals surface area contributed by atoms with Crippen LogP contribution in [-0.4, -0.2) is 55.1 Å². The molecule has 2 fully saturated rings. The number of rotatable bonds is 6. The molecule has 3 aromatic rings. The molecule has 172 valence electrons. The van der Waals surface area contributed by atoms with Gasteiger partial charge in [0.25, 0.3) is 0 Å². The summed E-state index contributed by atoms with van der Waals surface area (Å²) in [5.41, 5.74) is 8.60. The van der Waals surface area contributed by atoms with Gasteiger partial charge in [-0.25, -0.2) is 4.98 Å². The van der Waals surface area contributed by atoms with Crippen molar-refractivity contribution >= 4 is 28.3 Å². The third-order valence-electron chi connectivity index (χ3n) is 7.25. The maximum Gasteiger partial charge on any atom is 0.233 e. The van der Waals surface area contributed by atoms with Crippen LogP contribution in [0.5, 0.6) is 0 Å². The van der Waals surface area contributed by atoms with Gasteiger partial charge in [-0.15, -0.1) is 0 Å². The number of hydrogen-bond donors (Lipinski definition) is 2. The Morgan fingerprint density at radius 1 is 0.970 bits per heavy atom. The van der Waals surface area contributed by atoms with Gasteiger partial charge >= 0.3 is 0 Å². The molecule has 0 atom stereocenters. The molecular formula is C27H33N5O. The zero-order valence-electron chi connectivity index (χ0n) is 19.2. The van der Waals surface area contributed by atoms with E-state index in [2.05, 4.69) is 57.6 Å². The summed E-state index contributed by atoms with van der Waals surface area (Å²) < 4.78 is 0. The van der Waals surface area contributed by atoms with Crippen LogP contribution in [0.2, 0.25) is 0 Å². The second-order valence-electron chi connectivity index (χ2n) is 9.20. The molecule has 1 aromatic heterocycles. The lowest BCUT2D eigenvalue weighted by molar-refractivity contribution is -0.137. The van der Waals surface area contributed by atoms with Crippen molar-refractivity contribution in [2.45, 2.75) is 31.1 Å². The molecule has 1 amide bonds. The van der Waals surface area contributed by atoms with Gasteiger partial charge in [0.1, 0.15) is 5.82 Å². The SMILES string of the molecule is NCCNc1cc(N2CCN(C(=O)C3(c4ccccc4)CCCC3)CC2)nc2ccccc12. The van der Waals surface area contributed by atoms with Crippen LogP contribution in [-0.2, 0) is 10.2 Å². The molecule has 1 aliphatic carbocycles. The summed E-state index contributed by atoms with van der Waals surface area (Å²) in [6.07, 6.45) is 4.16. The lowest BCUT2D eigenvalue weighted by Gasteiger charge is -2.40. The fourth-order valence-electron chi connectivity index (χ4n) is 5.48.